The van der Waals surface area contributed by atoms with Crippen LogP contribution in [0.3, 0.4) is 0 Å². The quantitative estimate of drug-likeness (QED) is 0.574. The second-order valence-corrected chi connectivity index (χ2v) is 6.69. The Morgan fingerprint density at radius 1 is 1.15 bits per heavy atom. The van der Waals surface area contributed by atoms with Gasteiger partial charge in [-0.1, -0.05) is 6.07 Å². The van der Waals surface area contributed by atoms with E-state index in [0.29, 0.717) is 5.56 Å². The third kappa shape index (κ3) is 3.62. The summed E-state index contributed by atoms with van der Waals surface area (Å²) in [4.78, 5) is 0. The minimum atomic E-state index is -4.77. The fraction of sp³-hybridized carbons (Fsp3) is 0.250. The fourth-order valence-electron chi connectivity index (χ4n) is 2.78. The lowest BCUT2D eigenvalue weighted by Gasteiger charge is -2.31. The molecule has 2 atom stereocenters. The largest absolute Gasteiger partial charge is 0.507 e. The first-order valence-corrected chi connectivity index (χ1v) is 8.79. The molecule has 0 aliphatic carbocycles. The highest BCUT2D eigenvalue weighted by atomic mass is 32.3. The smallest absolute Gasteiger partial charge is 0.446 e. The molecule has 10 heteroatoms. The molecule has 0 saturated carbocycles. The van der Waals surface area contributed by atoms with Gasteiger partial charge in [-0.05, 0) is 17.7 Å². The number of phenols is 2. The van der Waals surface area contributed by atoms with Crippen LogP contribution in [0.2, 0.25) is 0 Å². The van der Waals surface area contributed by atoms with Gasteiger partial charge in [-0.2, -0.15) is 8.42 Å². The summed E-state index contributed by atoms with van der Waals surface area (Å²) < 4.78 is 45.6. The van der Waals surface area contributed by atoms with Crippen LogP contribution in [0.4, 0.5) is 0 Å². The molecule has 2 aromatic rings. The van der Waals surface area contributed by atoms with Crippen molar-refractivity contribution in [1.82, 2.24) is 0 Å². The standard InChI is InChI=1S/C16H16O9S/c1-23-15-4-8(2-3-11(15)17)16-13(19)7-10-12(18)5-9(6-14(10)24-16)25-26(20,21)22/h2-6,13,16-19H,7H2,1H3,(H,20,21,22)/t13-,16-/m1/s1. The molecule has 3 rings (SSSR count). The highest BCUT2D eigenvalue weighted by Gasteiger charge is 2.33. The Balaban J connectivity index is 1.98. The third-order valence-electron chi connectivity index (χ3n) is 3.91. The number of aromatic hydroxyl groups is 2. The summed E-state index contributed by atoms with van der Waals surface area (Å²) in [7, 11) is -3.39. The van der Waals surface area contributed by atoms with Crippen molar-refractivity contribution in [2.45, 2.75) is 18.6 Å². The average Bonchev–Trinajstić information content (AvgIpc) is 2.54. The van der Waals surface area contributed by atoms with Crippen LogP contribution in [0.25, 0.3) is 0 Å². The molecule has 26 heavy (non-hydrogen) atoms. The van der Waals surface area contributed by atoms with Crippen molar-refractivity contribution >= 4 is 10.4 Å². The molecular weight excluding hydrogens is 368 g/mol. The molecule has 1 aliphatic rings. The van der Waals surface area contributed by atoms with Gasteiger partial charge in [-0.15, -0.1) is 0 Å². The maximum Gasteiger partial charge on any atom is 0.446 e. The molecule has 0 unspecified atom stereocenters. The first-order valence-electron chi connectivity index (χ1n) is 7.42. The van der Waals surface area contributed by atoms with Gasteiger partial charge in [0.2, 0.25) is 0 Å². The molecule has 1 heterocycles. The van der Waals surface area contributed by atoms with Crippen LogP contribution < -0.4 is 13.7 Å². The first kappa shape index (κ1) is 18.1. The van der Waals surface area contributed by atoms with E-state index in [4.69, 9.17) is 14.0 Å². The van der Waals surface area contributed by atoms with Crippen molar-refractivity contribution in [2.75, 3.05) is 7.11 Å². The van der Waals surface area contributed by atoms with Gasteiger partial charge in [0.1, 0.15) is 17.6 Å². The number of hydrogen-bond acceptors (Lipinski definition) is 8. The van der Waals surface area contributed by atoms with Crippen LogP contribution in [0, 0.1) is 0 Å². The predicted molar refractivity (Wildman–Crippen MR) is 88.0 cm³/mol. The van der Waals surface area contributed by atoms with Crippen LogP contribution in [-0.4, -0.2) is 41.5 Å². The highest BCUT2D eigenvalue weighted by Crippen LogP contribution is 2.43. The van der Waals surface area contributed by atoms with Crippen molar-refractivity contribution in [1.29, 1.82) is 0 Å². The molecule has 0 aromatic heterocycles. The molecule has 0 spiro atoms. The summed E-state index contributed by atoms with van der Waals surface area (Å²) in [5.41, 5.74) is 0.764. The summed E-state index contributed by atoms with van der Waals surface area (Å²) in [6.45, 7) is 0. The Kier molecular flexibility index (Phi) is 4.57. The number of hydrogen-bond donors (Lipinski definition) is 4. The van der Waals surface area contributed by atoms with E-state index in [0.717, 1.165) is 6.07 Å². The highest BCUT2D eigenvalue weighted by molar-refractivity contribution is 7.81. The zero-order valence-corrected chi connectivity index (χ0v) is 14.3. The number of ether oxygens (including phenoxy) is 2. The van der Waals surface area contributed by atoms with E-state index in [2.05, 4.69) is 4.18 Å². The molecule has 0 amide bonds. The van der Waals surface area contributed by atoms with E-state index in [1.165, 1.54) is 31.4 Å². The fourth-order valence-corrected chi connectivity index (χ4v) is 3.12. The number of aliphatic hydroxyl groups excluding tert-OH is 1. The molecule has 0 bridgehead atoms. The summed E-state index contributed by atoms with van der Waals surface area (Å²) in [6.07, 6.45) is -1.85. The first-order chi connectivity index (χ1) is 12.2. The number of methoxy groups -OCH3 is 1. The molecule has 0 radical (unpaired) electrons. The summed E-state index contributed by atoms with van der Waals surface area (Å²) >= 11 is 0. The number of phenolic OH excluding ortho intramolecular Hbond substituents is 2. The SMILES string of the molecule is COc1cc([C@H]2Oc3cc(OS(=O)(=O)O)cc(O)c3C[C@H]2O)ccc1O. The van der Waals surface area contributed by atoms with Crippen molar-refractivity contribution in [3.63, 3.8) is 0 Å². The van der Waals surface area contributed by atoms with E-state index >= 15 is 0 Å². The van der Waals surface area contributed by atoms with Crippen LogP contribution in [0.15, 0.2) is 30.3 Å². The summed E-state index contributed by atoms with van der Waals surface area (Å²) in [5.74, 6) is -0.492. The van der Waals surface area contributed by atoms with E-state index in [1.807, 2.05) is 0 Å². The van der Waals surface area contributed by atoms with E-state index < -0.39 is 22.6 Å². The maximum absolute atomic E-state index is 10.9. The Bertz CT molecular complexity index is 939. The Hall–Kier alpha value is -2.69. The third-order valence-corrected chi connectivity index (χ3v) is 4.31. The summed E-state index contributed by atoms with van der Waals surface area (Å²) in [5, 5.41) is 30.1. The van der Waals surface area contributed by atoms with Crippen molar-refractivity contribution in [3.05, 3.63) is 41.5 Å². The number of fused-ring (bicyclic) bond motifs is 1. The Morgan fingerprint density at radius 3 is 2.54 bits per heavy atom. The van der Waals surface area contributed by atoms with Crippen molar-refractivity contribution in [2.24, 2.45) is 0 Å². The predicted octanol–water partition coefficient (Wildman–Crippen LogP) is 1.33. The van der Waals surface area contributed by atoms with Gasteiger partial charge in [-0.3, -0.25) is 4.55 Å². The zero-order chi connectivity index (χ0) is 19.1. The zero-order valence-electron chi connectivity index (χ0n) is 13.5. The molecule has 140 valence electrons. The number of rotatable bonds is 4. The van der Waals surface area contributed by atoms with Gasteiger partial charge in [-0.25, -0.2) is 0 Å². The lowest BCUT2D eigenvalue weighted by atomic mass is 9.94. The molecule has 2 aromatic carbocycles. The molecule has 9 nitrogen and oxygen atoms in total. The van der Waals surface area contributed by atoms with Crippen LogP contribution in [0.5, 0.6) is 28.7 Å². The lowest BCUT2D eigenvalue weighted by Crippen LogP contribution is -2.30. The molecule has 1 aliphatic heterocycles. The molecular formula is C16H16O9S. The van der Waals surface area contributed by atoms with Gasteiger partial charge in [0.25, 0.3) is 0 Å². The Morgan fingerprint density at radius 2 is 1.88 bits per heavy atom. The van der Waals surface area contributed by atoms with E-state index in [9.17, 15) is 23.7 Å². The van der Waals surface area contributed by atoms with Crippen molar-refractivity contribution < 1.29 is 41.9 Å². The van der Waals surface area contributed by atoms with Gasteiger partial charge in [0.05, 0.1) is 13.2 Å². The average molecular weight is 384 g/mol. The maximum atomic E-state index is 10.9. The van der Waals surface area contributed by atoms with E-state index in [-0.39, 0.29) is 40.7 Å². The van der Waals surface area contributed by atoms with Gasteiger partial charge < -0.3 is 29.0 Å². The van der Waals surface area contributed by atoms with Gasteiger partial charge in [0, 0.05) is 24.1 Å². The number of aliphatic hydroxyl groups is 1. The molecule has 4 N–H and O–H groups in total. The van der Waals surface area contributed by atoms with Crippen molar-refractivity contribution in [3.8, 4) is 28.7 Å². The monoisotopic (exact) mass is 384 g/mol. The van der Waals surface area contributed by atoms with Crippen LogP contribution in [-0.2, 0) is 16.8 Å². The Labute approximate surface area is 149 Å². The minimum absolute atomic E-state index is 0.0289. The number of benzene rings is 2. The van der Waals surface area contributed by atoms with E-state index in [1.54, 1.807) is 0 Å². The lowest BCUT2D eigenvalue weighted by molar-refractivity contribution is 0.0197. The van der Waals surface area contributed by atoms with Crippen LogP contribution >= 0.6 is 0 Å². The summed E-state index contributed by atoms with van der Waals surface area (Å²) in [6, 6.07) is 6.59. The molecule has 0 fully saturated rings. The van der Waals surface area contributed by atoms with Gasteiger partial charge in [0.15, 0.2) is 17.2 Å². The second-order valence-electron chi connectivity index (χ2n) is 5.67. The second kappa shape index (κ2) is 6.56. The topological polar surface area (TPSA) is 143 Å². The minimum Gasteiger partial charge on any atom is -0.507 e. The molecule has 0 saturated heterocycles. The normalized spacial score (nSPS) is 19.3. The van der Waals surface area contributed by atoms with Crippen LogP contribution in [0.1, 0.15) is 17.2 Å². The van der Waals surface area contributed by atoms with Gasteiger partial charge >= 0.3 is 10.4 Å².